The second-order valence-corrected chi connectivity index (χ2v) is 5.68. The molecule has 0 saturated heterocycles. The molecule has 0 aliphatic heterocycles. The molecule has 4 nitrogen and oxygen atoms in total. The van der Waals surface area contributed by atoms with Crippen LogP contribution in [0.2, 0.25) is 0 Å². The van der Waals surface area contributed by atoms with Crippen LogP contribution in [0, 0.1) is 4.77 Å². The second-order valence-electron chi connectivity index (χ2n) is 5.29. The van der Waals surface area contributed by atoms with Gasteiger partial charge in [0.15, 0.2) is 10.6 Å². The summed E-state index contributed by atoms with van der Waals surface area (Å²) < 4.78 is 2.56. The molecule has 2 heterocycles. The van der Waals surface area contributed by atoms with Crippen LogP contribution in [0.25, 0.3) is 17.1 Å². The zero-order valence-corrected chi connectivity index (χ0v) is 14.2. The number of pyridine rings is 1. The molecule has 1 fully saturated rings. The van der Waals surface area contributed by atoms with Crippen LogP contribution in [0.3, 0.4) is 0 Å². The van der Waals surface area contributed by atoms with Crippen LogP contribution >= 0.6 is 12.2 Å². The lowest BCUT2D eigenvalue weighted by molar-refractivity contribution is 1.03. The summed E-state index contributed by atoms with van der Waals surface area (Å²) in [4.78, 5) is 4.04. The van der Waals surface area contributed by atoms with Gasteiger partial charge in [0, 0.05) is 23.6 Å². The van der Waals surface area contributed by atoms with Gasteiger partial charge in [-0.3, -0.25) is 14.6 Å². The molecular weight excluding hydrogens is 304 g/mol. The van der Waals surface area contributed by atoms with Crippen LogP contribution in [0.1, 0.15) is 38.2 Å². The number of aromatic nitrogens is 4. The van der Waals surface area contributed by atoms with E-state index in [4.69, 9.17) is 12.2 Å². The monoisotopic (exact) mass is 324 g/mol. The molecule has 5 heteroatoms. The molecule has 1 aliphatic rings. The first-order valence-corrected chi connectivity index (χ1v) is 8.42. The summed E-state index contributed by atoms with van der Waals surface area (Å²) in [6.07, 6.45) is 6.14. The number of H-pyrrole nitrogens is 1. The Labute approximate surface area is 141 Å². The summed E-state index contributed by atoms with van der Waals surface area (Å²) in [5.74, 6) is 1.57. The van der Waals surface area contributed by atoms with Gasteiger partial charge in [-0.15, -0.1) is 0 Å². The van der Waals surface area contributed by atoms with Gasteiger partial charge in [0.05, 0.1) is 0 Å². The van der Waals surface area contributed by atoms with Gasteiger partial charge in [-0.1, -0.05) is 26.0 Å². The Morgan fingerprint density at radius 2 is 1.70 bits per heavy atom. The predicted molar refractivity (Wildman–Crippen MR) is 95.3 cm³/mol. The van der Waals surface area contributed by atoms with Gasteiger partial charge in [0.1, 0.15) is 0 Å². The van der Waals surface area contributed by atoms with E-state index in [0.29, 0.717) is 4.77 Å². The Bertz CT molecular complexity index is 814. The molecule has 4 rings (SSSR count). The van der Waals surface area contributed by atoms with Gasteiger partial charge in [0.2, 0.25) is 0 Å². The van der Waals surface area contributed by atoms with E-state index in [2.05, 4.69) is 39.4 Å². The maximum absolute atomic E-state index is 5.38. The standard InChI is InChI=1S/C16H14N4S.C2H6/c21-16-19-18-15(13-7-9-17-10-8-13)20(16)14-5-3-12(4-6-14)11-1-2-11;1-2/h3-11H,1-2H2,(H,19,21);1-2H3. The molecule has 1 N–H and O–H groups in total. The van der Waals surface area contributed by atoms with Crippen molar-refractivity contribution >= 4 is 12.2 Å². The highest BCUT2D eigenvalue weighted by Crippen LogP contribution is 2.40. The number of hydrogen-bond donors (Lipinski definition) is 1. The van der Waals surface area contributed by atoms with Crippen LogP contribution < -0.4 is 0 Å². The van der Waals surface area contributed by atoms with E-state index in [-0.39, 0.29) is 0 Å². The third-order valence-corrected chi connectivity index (χ3v) is 4.08. The fourth-order valence-corrected chi connectivity index (χ4v) is 2.78. The topological polar surface area (TPSA) is 46.5 Å². The van der Waals surface area contributed by atoms with Gasteiger partial charge in [-0.05, 0) is 60.8 Å². The average Bonchev–Trinajstić information content (AvgIpc) is 3.40. The van der Waals surface area contributed by atoms with Crippen molar-refractivity contribution in [3.8, 4) is 17.1 Å². The Balaban J connectivity index is 0.000000753. The molecule has 1 aromatic carbocycles. The quantitative estimate of drug-likeness (QED) is 0.697. The fourth-order valence-electron chi connectivity index (χ4n) is 2.54. The molecule has 0 atom stereocenters. The first-order valence-electron chi connectivity index (χ1n) is 8.01. The van der Waals surface area contributed by atoms with Crippen LogP contribution in [0.5, 0.6) is 0 Å². The zero-order valence-electron chi connectivity index (χ0n) is 13.4. The fraction of sp³-hybridized carbons (Fsp3) is 0.278. The van der Waals surface area contributed by atoms with Crippen molar-refractivity contribution in [1.29, 1.82) is 0 Å². The van der Waals surface area contributed by atoms with E-state index in [9.17, 15) is 0 Å². The zero-order chi connectivity index (χ0) is 16.2. The van der Waals surface area contributed by atoms with Crippen LogP contribution in [0.15, 0.2) is 48.8 Å². The molecule has 0 amide bonds. The highest BCUT2D eigenvalue weighted by Gasteiger charge is 2.23. The molecule has 118 valence electrons. The lowest BCUT2D eigenvalue weighted by Gasteiger charge is -2.07. The van der Waals surface area contributed by atoms with Crippen LogP contribution in [-0.4, -0.2) is 19.7 Å². The second kappa shape index (κ2) is 6.87. The minimum atomic E-state index is 0.598. The number of rotatable bonds is 3. The summed E-state index contributed by atoms with van der Waals surface area (Å²) >= 11 is 5.38. The summed E-state index contributed by atoms with van der Waals surface area (Å²) in [6.45, 7) is 4.00. The van der Waals surface area contributed by atoms with Crippen LogP contribution in [-0.2, 0) is 0 Å². The Morgan fingerprint density at radius 3 is 2.30 bits per heavy atom. The van der Waals surface area contributed by atoms with Gasteiger partial charge < -0.3 is 0 Å². The normalized spacial score (nSPS) is 13.3. The summed E-state index contributed by atoms with van der Waals surface area (Å²) in [5.41, 5.74) is 3.44. The molecule has 0 radical (unpaired) electrons. The van der Waals surface area contributed by atoms with E-state index in [1.54, 1.807) is 12.4 Å². The van der Waals surface area contributed by atoms with E-state index in [0.717, 1.165) is 23.0 Å². The van der Waals surface area contributed by atoms with Crippen molar-refractivity contribution in [2.24, 2.45) is 0 Å². The van der Waals surface area contributed by atoms with E-state index < -0.39 is 0 Å². The molecule has 0 bridgehead atoms. The maximum Gasteiger partial charge on any atom is 0.200 e. The molecule has 0 spiro atoms. The first kappa shape index (κ1) is 15.6. The van der Waals surface area contributed by atoms with E-state index >= 15 is 0 Å². The maximum atomic E-state index is 5.38. The molecule has 0 unspecified atom stereocenters. The molecule has 23 heavy (non-hydrogen) atoms. The summed E-state index contributed by atoms with van der Waals surface area (Å²) in [7, 11) is 0. The van der Waals surface area contributed by atoms with Crippen molar-refractivity contribution in [3.05, 3.63) is 59.1 Å². The van der Waals surface area contributed by atoms with Crippen molar-refractivity contribution in [2.45, 2.75) is 32.6 Å². The predicted octanol–water partition coefficient (Wildman–Crippen LogP) is 4.90. The van der Waals surface area contributed by atoms with Crippen molar-refractivity contribution in [3.63, 3.8) is 0 Å². The summed E-state index contributed by atoms with van der Waals surface area (Å²) in [6, 6.07) is 12.5. The molecular formula is C18H20N4S. The number of aromatic amines is 1. The lowest BCUT2D eigenvalue weighted by Crippen LogP contribution is -1.98. The smallest absolute Gasteiger partial charge is 0.200 e. The van der Waals surface area contributed by atoms with Gasteiger partial charge in [-0.2, -0.15) is 5.10 Å². The Hall–Kier alpha value is -2.27. The molecule has 1 saturated carbocycles. The number of nitrogens with one attached hydrogen (secondary N) is 1. The average molecular weight is 324 g/mol. The third-order valence-electron chi connectivity index (χ3n) is 3.81. The summed E-state index contributed by atoms with van der Waals surface area (Å²) in [5, 5.41) is 7.23. The van der Waals surface area contributed by atoms with Crippen LogP contribution in [0.4, 0.5) is 0 Å². The molecule has 3 aromatic rings. The Kier molecular flexibility index (Phi) is 4.67. The number of benzene rings is 1. The SMILES string of the molecule is CC.S=c1[nH]nc(-c2ccncc2)n1-c1ccc(C2CC2)cc1. The number of hydrogen-bond acceptors (Lipinski definition) is 3. The molecule has 1 aliphatic carbocycles. The van der Waals surface area contributed by atoms with Gasteiger partial charge >= 0.3 is 0 Å². The van der Waals surface area contributed by atoms with Crippen molar-refractivity contribution < 1.29 is 0 Å². The highest BCUT2D eigenvalue weighted by molar-refractivity contribution is 7.71. The first-order chi connectivity index (χ1) is 11.3. The van der Waals surface area contributed by atoms with E-state index in [1.807, 2.05) is 30.5 Å². The largest absolute Gasteiger partial charge is 0.268 e. The molecule has 2 aromatic heterocycles. The van der Waals surface area contributed by atoms with Gasteiger partial charge in [0.25, 0.3) is 0 Å². The third kappa shape index (κ3) is 3.24. The number of nitrogens with zero attached hydrogens (tertiary/aromatic N) is 3. The minimum Gasteiger partial charge on any atom is -0.268 e. The van der Waals surface area contributed by atoms with Gasteiger partial charge in [-0.25, -0.2) is 0 Å². The lowest BCUT2D eigenvalue weighted by atomic mass is 10.1. The van der Waals surface area contributed by atoms with Crippen molar-refractivity contribution in [2.75, 3.05) is 0 Å². The highest BCUT2D eigenvalue weighted by atomic mass is 32.1. The Morgan fingerprint density at radius 1 is 1.04 bits per heavy atom. The minimum absolute atomic E-state index is 0.598. The van der Waals surface area contributed by atoms with Crippen molar-refractivity contribution in [1.82, 2.24) is 19.7 Å². The van der Waals surface area contributed by atoms with E-state index in [1.165, 1.54) is 18.4 Å².